The summed E-state index contributed by atoms with van der Waals surface area (Å²) in [4.78, 5) is 11.9. The molecule has 0 bridgehead atoms. The molecule has 0 aromatic carbocycles. The van der Waals surface area contributed by atoms with Gasteiger partial charge in [-0.2, -0.15) is 0 Å². The molecule has 128 valence electrons. The van der Waals surface area contributed by atoms with E-state index in [0.29, 0.717) is 41.0 Å². The molecule has 0 unspecified atom stereocenters. The highest BCUT2D eigenvalue weighted by Crippen LogP contribution is 2.70. The van der Waals surface area contributed by atoms with E-state index in [1.54, 1.807) is 0 Å². The molecule has 0 radical (unpaired) electrons. The summed E-state index contributed by atoms with van der Waals surface area (Å²) in [6, 6.07) is 0. The average molecular weight is 316 g/mol. The minimum absolute atomic E-state index is 0.308. The van der Waals surface area contributed by atoms with Gasteiger partial charge in [-0.1, -0.05) is 26.3 Å². The molecular formula is C21H32O2. The molecule has 23 heavy (non-hydrogen) atoms. The van der Waals surface area contributed by atoms with Crippen LogP contribution in [0, 0.1) is 40.4 Å². The van der Waals surface area contributed by atoms with E-state index >= 15 is 0 Å². The summed E-state index contributed by atoms with van der Waals surface area (Å²) in [5.41, 5.74) is 2.15. The Morgan fingerprint density at radius 3 is 2.65 bits per heavy atom. The van der Waals surface area contributed by atoms with Crippen molar-refractivity contribution >= 4 is 5.78 Å². The topological polar surface area (TPSA) is 37.3 Å². The first-order valence-corrected chi connectivity index (χ1v) is 9.75. The van der Waals surface area contributed by atoms with Crippen LogP contribution in [0.4, 0.5) is 0 Å². The third-order valence-corrected chi connectivity index (χ3v) is 8.84. The van der Waals surface area contributed by atoms with Gasteiger partial charge >= 0.3 is 0 Å². The first kappa shape index (κ1) is 15.9. The molecule has 3 fully saturated rings. The zero-order valence-corrected chi connectivity index (χ0v) is 15.0. The third-order valence-electron chi connectivity index (χ3n) is 8.84. The Bertz CT molecular complexity index is 550. The molecular weight excluding hydrogens is 284 g/mol. The zero-order chi connectivity index (χ0) is 16.4. The Labute approximate surface area is 140 Å². The standard InChI is InChI=1S/C21H32O2/c1-13-10-14-11-16(23)4-5-17(14)18-7-9-20(2)15(12-22)6-8-21(20,3)19(13)18/h11,13,15,17-19,22H,4-10,12H2,1-3H3/t13-,15-,17+,18-,19-,20-,21-/m1/s1. The number of rotatable bonds is 1. The molecule has 1 N–H and O–H groups in total. The molecule has 0 aliphatic heterocycles. The summed E-state index contributed by atoms with van der Waals surface area (Å²) >= 11 is 0. The fourth-order valence-electron chi connectivity index (χ4n) is 7.56. The van der Waals surface area contributed by atoms with Gasteiger partial charge < -0.3 is 5.11 Å². The number of carbonyl (C=O) groups excluding carboxylic acids is 1. The van der Waals surface area contributed by atoms with Crippen LogP contribution in [0.25, 0.3) is 0 Å². The van der Waals surface area contributed by atoms with Crippen molar-refractivity contribution in [3.8, 4) is 0 Å². The van der Waals surface area contributed by atoms with E-state index in [1.165, 1.54) is 31.3 Å². The molecule has 0 aromatic rings. The van der Waals surface area contributed by atoms with E-state index < -0.39 is 0 Å². The number of aliphatic hydroxyl groups excluding tert-OH is 1. The summed E-state index contributed by atoms with van der Waals surface area (Å²) in [5, 5.41) is 9.92. The second kappa shape index (κ2) is 5.18. The molecule has 4 rings (SSSR count). The first-order valence-electron chi connectivity index (χ1n) is 9.75. The molecule has 0 saturated heterocycles. The molecule has 7 atom stereocenters. The SMILES string of the molecule is C[C@@H]1CC2=CC(=O)CC[C@@H]2[C@H]2CC[C@]3(C)[C@@H](CO)CC[C@]3(C)[C@@H]21. The smallest absolute Gasteiger partial charge is 0.155 e. The van der Waals surface area contributed by atoms with Gasteiger partial charge in [-0.15, -0.1) is 0 Å². The van der Waals surface area contributed by atoms with E-state index in [9.17, 15) is 9.90 Å². The van der Waals surface area contributed by atoms with Gasteiger partial charge in [0.2, 0.25) is 0 Å². The van der Waals surface area contributed by atoms with Crippen LogP contribution >= 0.6 is 0 Å². The maximum atomic E-state index is 11.9. The van der Waals surface area contributed by atoms with Crippen LogP contribution in [-0.4, -0.2) is 17.5 Å². The average Bonchev–Trinajstić information content (AvgIpc) is 2.77. The van der Waals surface area contributed by atoms with E-state index in [4.69, 9.17) is 0 Å². The van der Waals surface area contributed by atoms with Crippen LogP contribution < -0.4 is 0 Å². The number of carbonyl (C=O) groups is 1. The molecule has 0 amide bonds. The van der Waals surface area contributed by atoms with E-state index in [2.05, 4.69) is 20.8 Å². The predicted octanol–water partition coefficient (Wildman–Crippen LogP) is 4.37. The summed E-state index contributed by atoms with van der Waals surface area (Å²) in [6.07, 6.45) is 10.0. The van der Waals surface area contributed by atoms with E-state index in [0.717, 1.165) is 31.1 Å². The molecule has 2 heteroatoms. The summed E-state index contributed by atoms with van der Waals surface area (Å²) in [7, 11) is 0. The van der Waals surface area contributed by atoms with Crippen LogP contribution in [0.2, 0.25) is 0 Å². The highest BCUT2D eigenvalue weighted by Gasteiger charge is 2.63. The molecule has 4 aliphatic carbocycles. The molecule has 0 aromatic heterocycles. The van der Waals surface area contributed by atoms with Gasteiger partial charge in [0.05, 0.1) is 0 Å². The Hall–Kier alpha value is -0.630. The highest BCUT2D eigenvalue weighted by atomic mass is 16.3. The van der Waals surface area contributed by atoms with Crippen molar-refractivity contribution in [2.45, 2.75) is 65.7 Å². The Balaban J connectivity index is 1.72. The van der Waals surface area contributed by atoms with E-state index in [1.807, 2.05) is 6.08 Å². The van der Waals surface area contributed by atoms with Gasteiger partial charge in [0.15, 0.2) is 5.78 Å². The normalized spacial score (nSPS) is 52.4. The monoisotopic (exact) mass is 316 g/mol. The number of hydrogen-bond acceptors (Lipinski definition) is 2. The molecule has 0 spiro atoms. The first-order chi connectivity index (χ1) is 10.9. The number of hydrogen-bond donors (Lipinski definition) is 1. The fourth-order valence-corrected chi connectivity index (χ4v) is 7.56. The van der Waals surface area contributed by atoms with Crippen molar-refractivity contribution in [1.29, 1.82) is 0 Å². The summed E-state index contributed by atoms with van der Waals surface area (Å²) in [5.74, 6) is 3.74. The number of allylic oxidation sites excluding steroid dienone is 1. The van der Waals surface area contributed by atoms with Gasteiger partial charge in [-0.3, -0.25) is 4.79 Å². The van der Waals surface area contributed by atoms with Gasteiger partial charge in [-0.25, -0.2) is 0 Å². The van der Waals surface area contributed by atoms with Crippen LogP contribution in [-0.2, 0) is 4.79 Å². The Kier molecular flexibility index (Phi) is 3.58. The zero-order valence-electron chi connectivity index (χ0n) is 15.0. The summed E-state index contributed by atoms with van der Waals surface area (Å²) < 4.78 is 0. The molecule has 2 nitrogen and oxygen atoms in total. The lowest BCUT2D eigenvalue weighted by atomic mass is 9.43. The summed E-state index contributed by atoms with van der Waals surface area (Å²) in [6.45, 7) is 7.80. The van der Waals surface area contributed by atoms with Crippen molar-refractivity contribution in [3.63, 3.8) is 0 Å². The van der Waals surface area contributed by atoms with Gasteiger partial charge in [0.1, 0.15) is 0 Å². The van der Waals surface area contributed by atoms with Crippen molar-refractivity contribution in [1.82, 2.24) is 0 Å². The Morgan fingerprint density at radius 2 is 1.91 bits per heavy atom. The van der Waals surface area contributed by atoms with Crippen LogP contribution in [0.5, 0.6) is 0 Å². The minimum Gasteiger partial charge on any atom is -0.396 e. The van der Waals surface area contributed by atoms with Gasteiger partial charge in [0, 0.05) is 13.0 Å². The van der Waals surface area contributed by atoms with Crippen molar-refractivity contribution in [2.75, 3.05) is 6.61 Å². The van der Waals surface area contributed by atoms with Crippen molar-refractivity contribution in [3.05, 3.63) is 11.6 Å². The van der Waals surface area contributed by atoms with Crippen LogP contribution in [0.1, 0.15) is 65.7 Å². The van der Waals surface area contributed by atoms with Crippen LogP contribution in [0.3, 0.4) is 0 Å². The predicted molar refractivity (Wildman–Crippen MR) is 91.8 cm³/mol. The lowest BCUT2D eigenvalue weighted by Gasteiger charge is -2.61. The second-order valence-electron chi connectivity index (χ2n) is 9.49. The molecule has 4 aliphatic rings. The minimum atomic E-state index is 0.308. The van der Waals surface area contributed by atoms with Gasteiger partial charge in [0.25, 0.3) is 0 Å². The van der Waals surface area contributed by atoms with Crippen molar-refractivity contribution < 1.29 is 9.90 Å². The molecule has 3 saturated carbocycles. The number of aliphatic hydroxyl groups is 1. The third kappa shape index (κ3) is 2.00. The van der Waals surface area contributed by atoms with Crippen LogP contribution in [0.15, 0.2) is 11.6 Å². The maximum Gasteiger partial charge on any atom is 0.155 e. The largest absolute Gasteiger partial charge is 0.396 e. The van der Waals surface area contributed by atoms with E-state index in [-0.39, 0.29) is 0 Å². The second-order valence-corrected chi connectivity index (χ2v) is 9.49. The molecule has 0 heterocycles. The maximum absolute atomic E-state index is 11.9. The van der Waals surface area contributed by atoms with Gasteiger partial charge in [-0.05, 0) is 85.0 Å². The Morgan fingerprint density at radius 1 is 1.17 bits per heavy atom. The van der Waals surface area contributed by atoms with Crippen molar-refractivity contribution in [2.24, 2.45) is 40.4 Å². The lowest BCUT2D eigenvalue weighted by molar-refractivity contribution is -0.124. The number of ketones is 1. The lowest BCUT2D eigenvalue weighted by Crippen LogP contribution is -2.55. The highest BCUT2D eigenvalue weighted by molar-refractivity contribution is 5.91. The number of fused-ring (bicyclic) bond motifs is 5. The quantitative estimate of drug-likeness (QED) is 0.780. The fraction of sp³-hybridized carbons (Fsp3) is 0.857.